The lowest BCUT2D eigenvalue weighted by atomic mass is 10.1. The molecule has 0 aliphatic heterocycles. The lowest BCUT2D eigenvalue weighted by Gasteiger charge is -2.02. The van der Waals surface area contributed by atoms with Crippen LogP contribution in [0.5, 0.6) is 0 Å². The summed E-state index contributed by atoms with van der Waals surface area (Å²) < 4.78 is 5.07. The highest BCUT2D eigenvalue weighted by Gasteiger charge is 2.20. The Morgan fingerprint density at radius 3 is 2.89 bits per heavy atom. The molecule has 19 heavy (non-hydrogen) atoms. The number of hydrogen-bond donors (Lipinski definition) is 1. The zero-order valence-electron chi connectivity index (χ0n) is 10.4. The average molecular weight is 262 g/mol. The summed E-state index contributed by atoms with van der Waals surface area (Å²) in [7, 11) is 0. The van der Waals surface area contributed by atoms with Crippen LogP contribution in [-0.4, -0.2) is 21.1 Å². The van der Waals surface area contributed by atoms with Gasteiger partial charge in [-0.05, 0) is 12.5 Å². The molecule has 0 radical (unpaired) electrons. The van der Waals surface area contributed by atoms with Gasteiger partial charge in [0.25, 0.3) is 11.6 Å². The van der Waals surface area contributed by atoms with Crippen LogP contribution < -0.4 is 5.73 Å². The Morgan fingerprint density at radius 1 is 1.47 bits per heavy atom. The molecule has 2 N–H and O–H groups in total. The molecule has 0 aliphatic carbocycles. The smallest absolute Gasteiger partial charge is 0.282 e. The van der Waals surface area contributed by atoms with Gasteiger partial charge in [-0.25, -0.2) is 0 Å². The first kappa shape index (κ1) is 13.2. The maximum Gasteiger partial charge on any atom is 0.282 e. The van der Waals surface area contributed by atoms with E-state index >= 15 is 0 Å². The zero-order valence-corrected chi connectivity index (χ0v) is 10.4. The minimum atomic E-state index is -0.475. The van der Waals surface area contributed by atoms with E-state index in [1.54, 1.807) is 18.2 Å². The predicted molar refractivity (Wildman–Crippen MR) is 68.4 cm³/mol. The molecule has 7 nitrogen and oxygen atoms in total. The highest BCUT2D eigenvalue weighted by atomic mass is 16.6. The van der Waals surface area contributed by atoms with Crippen molar-refractivity contribution in [2.24, 2.45) is 5.73 Å². The molecule has 1 aromatic carbocycles. The molecule has 0 saturated carbocycles. The molecule has 0 saturated heterocycles. The molecule has 0 amide bonds. The van der Waals surface area contributed by atoms with Crippen molar-refractivity contribution in [1.29, 1.82) is 0 Å². The van der Waals surface area contributed by atoms with Crippen LogP contribution in [0.1, 0.15) is 19.2 Å². The van der Waals surface area contributed by atoms with E-state index in [9.17, 15) is 10.1 Å². The summed E-state index contributed by atoms with van der Waals surface area (Å²) in [4.78, 5) is 14.6. The minimum Gasteiger partial charge on any atom is -0.334 e. The van der Waals surface area contributed by atoms with Gasteiger partial charge in [-0.2, -0.15) is 4.98 Å². The quantitative estimate of drug-likeness (QED) is 0.651. The lowest BCUT2D eigenvalue weighted by molar-refractivity contribution is -0.384. The second-order valence-corrected chi connectivity index (χ2v) is 4.16. The van der Waals surface area contributed by atoms with Crippen LogP contribution in [0.2, 0.25) is 0 Å². The van der Waals surface area contributed by atoms with Gasteiger partial charge in [0.1, 0.15) is 5.56 Å². The summed E-state index contributed by atoms with van der Waals surface area (Å²) in [6, 6.07) is 6.21. The van der Waals surface area contributed by atoms with Crippen LogP contribution in [0.15, 0.2) is 28.8 Å². The Morgan fingerprint density at radius 2 is 2.21 bits per heavy atom. The van der Waals surface area contributed by atoms with E-state index in [2.05, 4.69) is 10.1 Å². The maximum atomic E-state index is 10.9. The van der Waals surface area contributed by atoms with Crippen molar-refractivity contribution in [1.82, 2.24) is 10.1 Å². The Kier molecular flexibility index (Phi) is 3.86. The standard InChI is InChI=1S/C12H14N4O3/c1-2-8(13)7-11-14-12(19-15-11)9-5-3-4-6-10(9)16(17)18/h3-6,8H,2,7,13H2,1H3. The number of nitro benzene ring substituents is 1. The fourth-order valence-corrected chi connectivity index (χ4v) is 1.64. The molecule has 1 aromatic heterocycles. The molecule has 0 fully saturated rings. The van der Waals surface area contributed by atoms with Gasteiger partial charge in [0, 0.05) is 18.5 Å². The molecule has 2 aromatic rings. The molecular weight excluding hydrogens is 248 g/mol. The Labute approximate surface area is 109 Å². The number of nitrogens with zero attached hydrogens (tertiary/aromatic N) is 3. The highest BCUT2D eigenvalue weighted by molar-refractivity contribution is 5.66. The highest BCUT2D eigenvalue weighted by Crippen LogP contribution is 2.27. The average Bonchev–Trinajstić information content (AvgIpc) is 2.86. The van der Waals surface area contributed by atoms with Crippen LogP contribution in [0, 0.1) is 10.1 Å². The molecule has 0 bridgehead atoms. The molecule has 1 unspecified atom stereocenters. The Hall–Kier alpha value is -2.28. The number of para-hydroxylation sites is 1. The van der Waals surface area contributed by atoms with Crippen LogP contribution in [-0.2, 0) is 6.42 Å². The van der Waals surface area contributed by atoms with E-state index in [1.807, 2.05) is 6.92 Å². The van der Waals surface area contributed by atoms with Crippen LogP contribution in [0.3, 0.4) is 0 Å². The summed E-state index contributed by atoms with van der Waals surface area (Å²) in [6.45, 7) is 1.97. The largest absolute Gasteiger partial charge is 0.334 e. The van der Waals surface area contributed by atoms with Crippen molar-refractivity contribution in [3.63, 3.8) is 0 Å². The summed E-state index contributed by atoms with van der Waals surface area (Å²) >= 11 is 0. The van der Waals surface area contributed by atoms with E-state index in [1.165, 1.54) is 6.07 Å². The van der Waals surface area contributed by atoms with Gasteiger partial charge in [-0.3, -0.25) is 10.1 Å². The van der Waals surface area contributed by atoms with Gasteiger partial charge in [0.05, 0.1) is 4.92 Å². The molecular formula is C12H14N4O3. The van der Waals surface area contributed by atoms with Crippen molar-refractivity contribution in [2.45, 2.75) is 25.8 Å². The fraction of sp³-hybridized carbons (Fsp3) is 0.333. The predicted octanol–water partition coefficient (Wildman–Crippen LogP) is 1.92. The van der Waals surface area contributed by atoms with Gasteiger partial charge < -0.3 is 10.3 Å². The lowest BCUT2D eigenvalue weighted by Crippen LogP contribution is -2.21. The Balaban J connectivity index is 2.30. The summed E-state index contributed by atoms with van der Waals surface area (Å²) in [6.07, 6.45) is 1.29. The second-order valence-electron chi connectivity index (χ2n) is 4.16. The first-order chi connectivity index (χ1) is 9.11. The van der Waals surface area contributed by atoms with Gasteiger partial charge >= 0.3 is 0 Å². The topological polar surface area (TPSA) is 108 Å². The van der Waals surface area contributed by atoms with Crippen molar-refractivity contribution in [3.05, 3.63) is 40.2 Å². The van der Waals surface area contributed by atoms with E-state index < -0.39 is 4.92 Å². The van der Waals surface area contributed by atoms with Crippen LogP contribution in [0.4, 0.5) is 5.69 Å². The third-order valence-electron chi connectivity index (χ3n) is 2.77. The van der Waals surface area contributed by atoms with Gasteiger partial charge in [0.15, 0.2) is 5.82 Å². The van der Waals surface area contributed by atoms with Crippen molar-refractivity contribution < 1.29 is 9.45 Å². The molecule has 1 heterocycles. The van der Waals surface area contributed by atoms with E-state index in [0.29, 0.717) is 17.8 Å². The van der Waals surface area contributed by atoms with E-state index in [-0.39, 0.29) is 17.6 Å². The first-order valence-electron chi connectivity index (χ1n) is 5.93. The molecule has 7 heteroatoms. The zero-order chi connectivity index (χ0) is 13.8. The molecule has 1 atom stereocenters. The first-order valence-corrected chi connectivity index (χ1v) is 5.93. The number of rotatable bonds is 5. The molecule has 0 spiro atoms. The minimum absolute atomic E-state index is 0.0452. The van der Waals surface area contributed by atoms with Crippen molar-refractivity contribution in [2.75, 3.05) is 0 Å². The summed E-state index contributed by atoms with van der Waals surface area (Å²) in [5.74, 6) is 0.605. The summed E-state index contributed by atoms with van der Waals surface area (Å²) in [5.41, 5.74) is 6.06. The van der Waals surface area contributed by atoms with Crippen LogP contribution >= 0.6 is 0 Å². The van der Waals surface area contributed by atoms with Crippen LogP contribution in [0.25, 0.3) is 11.5 Å². The monoisotopic (exact) mass is 262 g/mol. The van der Waals surface area contributed by atoms with E-state index in [0.717, 1.165) is 6.42 Å². The normalized spacial score (nSPS) is 12.3. The Bertz CT molecular complexity index is 582. The maximum absolute atomic E-state index is 10.9. The third kappa shape index (κ3) is 2.94. The van der Waals surface area contributed by atoms with Gasteiger partial charge in [-0.1, -0.05) is 24.2 Å². The molecule has 100 valence electrons. The summed E-state index contributed by atoms with van der Waals surface area (Å²) in [5, 5.41) is 14.7. The number of benzene rings is 1. The number of nitrogens with two attached hydrogens (primary N) is 1. The number of nitro groups is 1. The van der Waals surface area contributed by atoms with Crippen molar-refractivity contribution in [3.8, 4) is 11.5 Å². The number of hydrogen-bond acceptors (Lipinski definition) is 6. The van der Waals surface area contributed by atoms with E-state index in [4.69, 9.17) is 10.3 Å². The number of aromatic nitrogens is 2. The fourth-order valence-electron chi connectivity index (χ4n) is 1.64. The molecule has 0 aliphatic rings. The van der Waals surface area contributed by atoms with Gasteiger partial charge in [-0.15, -0.1) is 0 Å². The van der Waals surface area contributed by atoms with Gasteiger partial charge in [0.2, 0.25) is 0 Å². The molecule has 2 rings (SSSR count). The SMILES string of the molecule is CCC(N)Cc1noc(-c2ccccc2[N+](=O)[O-])n1. The van der Waals surface area contributed by atoms with Crippen molar-refractivity contribution >= 4 is 5.69 Å². The second kappa shape index (κ2) is 5.57. The third-order valence-corrected chi connectivity index (χ3v) is 2.77.